The minimum Gasteiger partial charge on any atom is -0.467 e. The second-order valence-electron chi connectivity index (χ2n) is 8.04. The molecule has 0 bridgehead atoms. The van der Waals surface area contributed by atoms with Gasteiger partial charge >= 0.3 is 12.0 Å². The molecule has 1 saturated carbocycles. The Kier molecular flexibility index (Phi) is 5.71. The van der Waals surface area contributed by atoms with E-state index in [0.29, 0.717) is 29.6 Å². The maximum absolute atomic E-state index is 12.8. The standard InChI is InChI=1S/C21H29N3O4/c1-2-27-20(25)18-15(22-21(26)23-19(18)17-10-6-12-28-17)13-24-11-5-8-14-7-3-4-9-16(14)24/h6,10,12,14,16,19H,2-5,7-9,11,13H2,1H3,(H2,22,23,26)/p+1/t14-,16+,19+/m1/s1. The van der Waals surface area contributed by atoms with Crippen molar-refractivity contribution in [3.8, 4) is 0 Å². The summed E-state index contributed by atoms with van der Waals surface area (Å²) in [6.07, 6.45) is 9.20. The van der Waals surface area contributed by atoms with Crippen molar-refractivity contribution < 1.29 is 23.6 Å². The van der Waals surface area contributed by atoms with E-state index in [1.807, 2.05) is 0 Å². The molecule has 2 amide bonds. The lowest BCUT2D eigenvalue weighted by Gasteiger charge is -2.42. The van der Waals surface area contributed by atoms with E-state index < -0.39 is 12.0 Å². The Balaban J connectivity index is 1.66. The van der Waals surface area contributed by atoms with Gasteiger partial charge in [0.1, 0.15) is 18.3 Å². The number of amides is 2. The second kappa shape index (κ2) is 8.39. The van der Waals surface area contributed by atoms with Crippen LogP contribution in [0.1, 0.15) is 57.3 Å². The number of likely N-dealkylation sites (tertiary alicyclic amines) is 1. The third-order valence-corrected chi connectivity index (χ3v) is 6.39. The molecular formula is C21H30N3O4+. The van der Waals surface area contributed by atoms with Crippen LogP contribution in [0.4, 0.5) is 4.79 Å². The van der Waals surface area contributed by atoms with Crippen molar-refractivity contribution in [2.45, 2.75) is 57.5 Å². The van der Waals surface area contributed by atoms with Gasteiger partial charge in [-0.3, -0.25) is 0 Å². The molecule has 3 heterocycles. The minimum atomic E-state index is -0.621. The van der Waals surface area contributed by atoms with Crippen LogP contribution in [-0.2, 0) is 9.53 Å². The summed E-state index contributed by atoms with van der Waals surface area (Å²) in [6, 6.07) is 3.23. The highest BCUT2D eigenvalue weighted by Crippen LogP contribution is 2.30. The highest BCUT2D eigenvalue weighted by molar-refractivity contribution is 5.95. The number of esters is 1. The molecule has 28 heavy (non-hydrogen) atoms. The Morgan fingerprint density at radius 3 is 2.89 bits per heavy atom. The Bertz CT molecular complexity index is 741. The number of nitrogens with one attached hydrogen (secondary N) is 3. The lowest BCUT2D eigenvalue weighted by Crippen LogP contribution is -3.18. The number of fused-ring (bicyclic) bond motifs is 1. The van der Waals surface area contributed by atoms with Crippen LogP contribution >= 0.6 is 0 Å². The second-order valence-corrected chi connectivity index (χ2v) is 8.04. The lowest BCUT2D eigenvalue weighted by molar-refractivity contribution is -0.932. The minimum absolute atomic E-state index is 0.287. The number of hydrogen-bond acceptors (Lipinski definition) is 4. The fourth-order valence-electron chi connectivity index (χ4n) is 5.19. The van der Waals surface area contributed by atoms with E-state index >= 15 is 0 Å². The Hall–Kier alpha value is -2.28. The van der Waals surface area contributed by atoms with Crippen molar-refractivity contribution in [2.75, 3.05) is 19.7 Å². The summed E-state index contributed by atoms with van der Waals surface area (Å²) in [6.45, 7) is 3.79. The van der Waals surface area contributed by atoms with Crippen LogP contribution in [0, 0.1) is 5.92 Å². The van der Waals surface area contributed by atoms with Crippen molar-refractivity contribution in [2.24, 2.45) is 5.92 Å². The van der Waals surface area contributed by atoms with E-state index in [1.165, 1.54) is 43.4 Å². The van der Waals surface area contributed by atoms with E-state index in [4.69, 9.17) is 9.15 Å². The number of furan rings is 1. The largest absolute Gasteiger partial charge is 0.467 e. The lowest BCUT2D eigenvalue weighted by atomic mass is 9.78. The first-order valence-electron chi connectivity index (χ1n) is 10.5. The predicted molar refractivity (Wildman–Crippen MR) is 102 cm³/mol. The average Bonchev–Trinajstić information content (AvgIpc) is 3.23. The molecule has 0 aromatic carbocycles. The zero-order valence-electron chi connectivity index (χ0n) is 16.5. The summed E-state index contributed by atoms with van der Waals surface area (Å²) in [5.74, 6) is 0.907. The molecule has 2 aliphatic heterocycles. The SMILES string of the molecule is CCOC(=O)C1=C(C[NH+]2CCC[C@H]3CCCC[C@@H]32)NC(=O)N[C@H]1c1ccco1. The summed E-state index contributed by atoms with van der Waals surface area (Å²) in [5.41, 5.74) is 1.13. The predicted octanol–water partition coefficient (Wildman–Crippen LogP) is 1.69. The van der Waals surface area contributed by atoms with E-state index in [1.54, 1.807) is 25.3 Å². The van der Waals surface area contributed by atoms with E-state index in [0.717, 1.165) is 12.5 Å². The molecular weight excluding hydrogens is 358 g/mol. The average molecular weight is 388 g/mol. The molecule has 3 N–H and O–H groups in total. The molecule has 7 nitrogen and oxygen atoms in total. The Morgan fingerprint density at radius 2 is 2.11 bits per heavy atom. The van der Waals surface area contributed by atoms with Gasteiger partial charge in [-0.2, -0.15) is 0 Å². The summed E-state index contributed by atoms with van der Waals surface area (Å²) in [5, 5.41) is 5.73. The van der Waals surface area contributed by atoms with Gasteiger partial charge in [0.2, 0.25) is 0 Å². The number of quaternary nitrogens is 1. The molecule has 0 spiro atoms. The first-order chi connectivity index (χ1) is 13.7. The Morgan fingerprint density at radius 1 is 1.29 bits per heavy atom. The molecule has 152 valence electrons. The summed E-state index contributed by atoms with van der Waals surface area (Å²) < 4.78 is 10.8. The van der Waals surface area contributed by atoms with Crippen LogP contribution in [0.25, 0.3) is 0 Å². The fourth-order valence-corrected chi connectivity index (χ4v) is 5.19. The molecule has 4 rings (SSSR count). The van der Waals surface area contributed by atoms with Crippen LogP contribution in [-0.4, -0.2) is 37.7 Å². The molecule has 7 heteroatoms. The molecule has 0 radical (unpaired) electrons. The number of piperidine rings is 1. The zero-order valence-corrected chi connectivity index (χ0v) is 16.5. The van der Waals surface area contributed by atoms with Crippen LogP contribution in [0.3, 0.4) is 0 Å². The molecule has 1 aromatic rings. The zero-order chi connectivity index (χ0) is 19.5. The van der Waals surface area contributed by atoms with Crippen LogP contribution in [0.15, 0.2) is 34.1 Å². The maximum Gasteiger partial charge on any atom is 0.338 e. The summed E-state index contributed by atoms with van der Waals surface area (Å²) in [4.78, 5) is 26.7. The van der Waals surface area contributed by atoms with Gasteiger partial charge in [-0.25, -0.2) is 9.59 Å². The van der Waals surface area contributed by atoms with Crippen molar-refractivity contribution in [1.29, 1.82) is 0 Å². The molecule has 4 atom stereocenters. The first-order valence-corrected chi connectivity index (χ1v) is 10.5. The number of rotatable bonds is 5. The molecule has 2 fully saturated rings. The molecule has 3 aliphatic rings. The van der Waals surface area contributed by atoms with E-state index in [-0.39, 0.29) is 12.6 Å². The van der Waals surface area contributed by atoms with Gasteiger partial charge in [0.15, 0.2) is 0 Å². The molecule has 1 saturated heterocycles. The smallest absolute Gasteiger partial charge is 0.338 e. The number of ether oxygens (including phenoxy) is 1. The number of hydrogen-bond donors (Lipinski definition) is 3. The molecule has 1 aromatic heterocycles. The van der Waals surface area contributed by atoms with Gasteiger partial charge in [-0.05, 0) is 51.2 Å². The first kappa shape index (κ1) is 19.1. The Labute approximate surface area is 165 Å². The topological polar surface area (TPSA) is 85.0 Å². The van der Waals surface area contributed by atoms with Gasteiger partial charge in [-0.15, -0.1) is 0 Å². The van der Waals surface area contributed by atoms with Crippen LogP contribution < -0.4 is 15.5 Å². The quantitative estimate of drug-likeness (QED) is 0.670. The highest BCUT2D eigenvalue weighted by atomic mass is 16.5. The number of carbonyl (C=O) groups is 2. The van der Waals surface area contributed by atoms with Crippen molar-refractivity contribution in [3.05, 3.63) is 35.4 Å². The van der Waals surface area contributed by atoms with Crippen LogP contribution in [0.5, 0.6) is 0 Å². The normalized spacial score (nSPS) is 30.2. The van der Waals surface area contributed by atoms with E-state index in [2.05, 4.69) is 10.6 Å². The van der Waals surface area contributed by atoms with Crippen LogP contribution in [0.2, 0.25) is 0 Å². The van der Waals surface area contributed by atoms with Crippen molar-refractivity contribution in [3.63, 3.8) is 0 Å². The maximum atomic E-state index is 12.8. The van der Waals surface area contributed by atoms with E-state index in [9.17, 15) is 9.59 Å². The van der Waals surface area contributed by atoms with Crippen molar-refractivity contribution >= 4 is 12.0 Å². The van der Waals surface area contributed by atoms with Gasteiger partial charge in [0.25, 0.3) is 0 Å². The van der Waals surface area contributed by atoms with Gasteiger partial charge in [-0.1, -0.05) is 6.42 Å². The summed E-state index contributed by atoms with van der Waals surface area (Å²) >= 11 is 0. The molecule has 1 aliphatic carbocycles. The third kappa shape index (κ3) is 3.81. The monoisotopic (exact) mass is 388 g/mol. The highest BCUT2D eigenvalue weighted by Gasteiger charge is 2.40. The van der Waals surface area contributed by atoms with Gasteiger partial charge in [0.05, 0.1) is 36.7 Å². The summed E-state index contributed by atoms with van der Waals surface area (Å²) in [7, 11) is 0. The van der Waals surface area contributed by atoms with Gasteiger partial charge in [0, 0.05) is 5.92 Å². The number of urea groups is 1. The molecule has 1 unspecified atom stereocenters. The third-order valence-electron chi connectivity index (χ3n) is 6.39. The van der Waals surface area contributed by atoms with Gasteiger partial charge < -0.3 is 24.7 Å². The fraction of sp³-hybridized carbons (Fsp3) is 0.619. The van der Waals surface area contributed by atoms with Crippen molar-refractivity contribution in [1.82, 2.24) is 10.6 Å². The number of carbonyl (C=O) groups excluding carboxylic acids is 2.